The Morgan fingerprint density at radius 2 is 2.40 bits per heavy atom. The van der Waals surface area contributed by atoms with Crippen LogP contribution in [0.25, 0.3) is 0 Å². The van der Waals surface area contributed by atoms with E-state index in [2.05, 4.69) is 9.72 Å². The lowest BCUT2D eigenvalue weighted by Crippen LogP contribution is -1.90. The third-order valence-corrected chi connectivity index (χ3v) is 1.60. The van der Waals surface area contributed by atoms with Gasteiger partial charge in [0.05, 0.1) is 13.3 Å². The smallest absolute Gasteiger partial charge is 0.172 e. The molecule has 0 radical (unpaired) electrons. The molecule has 0 unspecified atom stereocenters. The molecule has 54 valence electrons. The zero-order chi connectivity index (χ0) is 7.56. The summed E-state index contributed by atoms with van der Waals surface area (Å²) in [6, 6.07) is 1.32. The van der Waals surface area contributed by atoms with Gasteiger partial charge < -0.3 is 4.74 Å². The standard InChI is InChI=1S/C6H5FINO/c1-10-5-3-9-6(8)2-4(5)7/h2-3H,1H3. The van der Waals surface area contributed by atoms with Gasteiger partial charge in [0.25, 0.3) is 0 Å². The molecule has 0 aromatic carbocycles. The first-order chi connectivity index (χ1) is 4.74. The average molecular weight is 253 g/mol. The van der Waals surface area contributed by atoms with E-state index in [0.29, 0.717) is 3.70 Å². The fourth-order valence-electron chi connectivity index (χ4n) is 0.545. The lowest BCUT2D eigenvalue weighted by atomic mass is 10.4. The number of rotatable bonds is 1. The van der Waals surface area contributed by atoms with Crippen molar-refractivity contribution in [3.63, 3.8) is 0 Å². The van der Waals surface area contributed by atoms with Crippen LogP contribution in [0.3, 0.4) is 0 Å². The van der Waals surface area contributed by atoms with E-state index in [4.69, 9.17) is 0 Å². The van der Waals surface area contributed by atoms with Gasteiger partial charge in [-0.05, 0) is 22.6 Å². The number of hydrogen-bond donors (Lipinski definition) is 0. The third-order valence-electron chi connectivity index (χ3n) is 1.01. The molecule has 1 heterocycles. The van der Waals surface area contributed by atoms with Gasteiger partial charge in [0.2, 0.25) is 0 Å². The lowest BCUT2D eigenvalue weighted by Gasteiger charge is -1.98. The highest BCUT2D eigenvalue weighted by molar-refractivity contribution is 14.1. The molecule has 0 saturated carbocycles. The molecule has 4 heteroatoms. The molecule has 0 bridgehead atoms. The summed E-state index contributed by atoms with van der Waals surface area (Å²) in [6.45, 7) is 0. The third kappa shape index (κ3) is 1.56. The van der Waals surface area contributed by atoms with Crippen LogP contribution in [0.2, 0.25) is 0 Å². The van der Waals surface area contributed by atoms with Gasteiger partial charge >= 0.3 is 0 Å². The van der Waals surface area contributed by atoms with Crippen LogP contribution >= 0.6 is 22.6 Å². The number of ether oxygens (including phenoxy) is 1. The molecule has 0 atom stereocenters. The van der Waals surface area contributed by atoms with E-state index in [1.165, 1.54) is 19.4 Å². The van der Waals surface area contributed by atoms with Crippen LogP contribution in [0.15, 0.2) is 12.3 Å². The van der Waals surface area contributed by atoms with Gasteiger partial charge in [-0.2, -0.15) is 0 Å². The van der Waals surface area contributed by atoms with E-state index in [0.717, 1.165) is 0 Å². The zero-order valence-corrected chi connectivity index (χ0v) is 7.42. The number of aromatic nitrogens is 1. The van der Waals surface area contributed by atoms with Crippen molar-refractivity contribution in [1.29, 1.82) is 0 Å². The van der Waals surface area contributed by atoms with E-state index in [9.17, 15) is 4.39 Å². The van der Waals surface area contributed by atoms with E-state index in [1.807, 2.05) is 22.6 Å². The van der Waals surface area contributed by atoms with Crippen LogP contribution in [0.4, 0.5) is 4.39 Å². The Morgan fingerprint density at radius 3 is 2.90 bits per heavy atom. The normalized spacial score (nSPS) is 9.50. The Kier molecular flexibility index (Phi) is 2.42. The van der Waals surface area contributed by atoms with Crippen molar-refractivity contribution in [2.45, 2.75) is 0 Å². The number of halogens is 2. The quantitative estimate of drug-likeness (QED) is 0.562. The summed E-state index contributed by atoms with van der Waals surface area (Å²) in [5.41, 5.74) is 0. The second-order valence-electron chi connectivity index (χ2n) is 1.64. The maximum atomic E-state index is 12.7. The highest BCUT2D eigenvalue weighted by Crippen LogP contribution is 2.15. The van der Waals surface area contributed by atoms with Crippen molar-refractivity contribution in [3.05, 3.63) is 21.8 Å². The Bertz CT molecular complexity index is 241. The van der Waals surface area contributed by atoms with Gasteiger partial charge in [-0.25, -0.2) is 9.37 Å². The molecule has 0 saturated heterocycles. The summed E-state index contributed by atoms with van der Waals surface area (Å²) in [6.07, 6.45) is 1.36. The van der Waals surface area contributed by atoms with Gasteiger partial charge in [0, 0.05) is 6.07 Å². The topological polar surface area (TPSA) is 22.1 Å². The van der Waals surface area contributed by atoms with Gasteiger partial charge in [0.15, 0.2) is 11.6 Å². The lowest BCUT2D eigenvalue weighted by molar-refractivity contribution is 0.384. The van der Waals surface area contributed by atoms with Crippen molar-refractivity contribution in [3.8, 4) is 5.75 Å². The molecule has 0 fully saturated rings. The zero-order valence-electron chi connectivity index (χ0n) is 5.27. The number of methoxy groups -OCH3 is 1. The molecule has 1 rings (SSSR count). The van der Waals surface area contributed by atoms with Crippen LogP contribution in [0, 0.1) is 9.52 Å². The molecule has 10 heavy (non-hydrogen) atoms. The second-order valence-corrected chi connectivity index (χ2v) is 2.75. The molecule has 0 N–H and O–H groups in total. The van der Waals surface area contributed by atoms with Crippen LogP contribution in [-0.4, -0.2) is 12.1 Å². The molecular formula is C6H5FINO. The summed E-state index contributed by atoms with van der Waals surface area (Å²) in [5.74, 6) is -0.192. The fourth-order valence-corrected chi connectivity index (χ4v) is 0.958. The summed E-state index contributed by atoms with van der Waals surface area (Å²) in [7, 11) is 1.41. The van der Waals surface area contributed by atoms with Crippen molar-refractivity contribution in [2.24, 2.45) is 0 Å². The largest absolute Gasteiger partial charge is 0.492 e. The van der Waals surface area contributed by atoms with Gasteiger partial charge in [-0.1, -0.05) is 0 Å². The number of nitrogens with zero attached hydrogens (tertiary/aromatic N) is 1. The van der Waals surface area contributed by atoms with Gasteiger partial charge in [-0.3, -0.25) is 0 Å². The predicted molar refractivity (Wildman–Crippen MR) is 43.5 cm³/mol. The number of hydrogen-bond acceptors (Lipinski definition) is 2. The molecule has 1 aromatic rings. The molecule has 0 spiro atoms. The van der Waals surface area contributed by atoms with E-state index in [-0.39, 0.29) is 11.6 Å². The minimum absolute atomic E-state index is 0.181. The Labute approximate surface area is 71.6 Å². The minimum Gasteiger partial charge on any atom is -0.492 e. The van der Waals surface area contributed by atoms with E-state index >= 15 is 0 Å². The fraction of sp³-hybridized carbons (Fsp3) is 0.167. The molecule has 0 aliphatic heterocycles. The van der Waals surface area contributed by atoms with Crippen LogP contribution in [0.1, 0.15) is 0 Å². The van der Waals surface area contributed by atoms with Crippen LogP contribution < -0.4 is 4.74 Å². The Morgan fingerprint density at radius 1 is 1.70 bits per heavy atom. The molecule has 1 aromatic heterocycles. The first-order valence-electron chi connectivity index (χ1n) is 2.59. The number of pyridine rings is 1. The highest BCUT2D eigenvalue weighted by atomic mass is 127. The van der Waals surface area contributed by atoms with Crippen LogP contribution in [0.5, 0.6) is 5.75 Å². The van der Waals surface area contributed by atoms with Crippen LogP contribution in [-0.2, 0) is 0 Å². The first kappa shape index (κ1) is 7.71. The summed E-state index contributed by atoms with van der Waals surface area (Å²) < 4.78 is 18.0. The molecule has 0 aliphatic carbocycles. The van der Waals surface area contributed by atoms with E-state index in [1.54, 1.807) is 0 Å². The predicted octanol–water partition coefficient (Wildman–Crippen LogP) is 1.83. The van der Waals surface area contributed by atoms with Gasteiger partial charge in [-0.15, -0.1) is 0 Å². The highest BCUT2D eigenvalue weighted by Gasteiger charge is 2.01. The molecule has 0 aliphatic rings. The monoisotopic (exact) mass is 253 g/mol. The van der Waals surface area contributed by atoms with Crippen molar-refractivity contribution >= 4 is 22.6 Å². The SMILES string of the molecule is COc1cnc(I)cc1F. The summed E-state index contributed by atoms with van der Waals surface area (Å²) >= 11 is 1.93. The van der Waals surface area contributed by atoms with Gasteiger partial charge in [0.1, 0.15) is 3.70 Å². The maximum absolute atomic E-state index is 12.7. The summed E-state index contributed by atoms with van der Waals surface area (Å²) in [5, 5.41) is 0. The van der Waals surface area contributed by atoms with Crippen molar-refractivity contribution < 1.29 is 9.13 Å². The molecule has 2 nitrogen and oxygen atoms in total. The van der Waals surface area contributed by atoms with Crippen molar-refractivity contribution in [1.82, 2.24) is 4.98 Å². The Balaban J connectivity index is 3.07. The summed E-state index contributed by atoms with van der Waals surface area (Å²) in [4.78, 5) is 3.83. The molecule has 0 amide bonds. The Hall–Kier alpha value is -0.390. The average Bonchev–Trinajstić information content (AvgIpc) is 1.88. The minimum atomic E-state index is -0.373. The second kappa shape index (κ2) is 3.14. The van der Waals surface area contributed by atoms with Crippen molar-refractivity contribution in [2.75, 3.05) is 7.11 Å². The maximum Gasteiger partial charge on any atom is 0.172 e. The molecular weight excluding hydrogens is 248 g/mol. The van der Waals surface area contributed by atoms with E-state index < -0.39 is 0 Å². The first-order valence-corrected chi connectivity index (χ1v) is 3.67.